The van der Waals surface area contributed by atoms with Crippen molar-refractivity contribution >= 4 is 11.7 Å². The van der Waals surface area contributed by atoms with Crippen LogP contribution < -0.4 is 11.5 Å². The minimum Gasteiger partial charge on any atom is -0.459 e. The van der Waals surface area contributed by atoms with E-state index in [1.807, 2.05) is 0 Å². The first-order valence-corrected chi connectivity index (χ1v) is 5.91. The number of hydrogen-bond acceptors (Lipinski definition) is 8. The molecule has 3 aromatic rings. The van der Waals surface area contributed by atoms with Gasteiger partial charge in [-0.2, -0.15) is 4.98 Å². The average molecular weight is 286 g/mol. The van der Waals surface area contributed by atoms with E-state index < -0.39 is 5.91 Å². The number of nitrogens with zero attached hydrogens (tertiary/aromatic N) is 4. The topological polar surface area (TPSA) is 147 Å². The van der Waals surface area contributed by atoms with Gasteiger partial charge in [0.05, 0.1) is 24.6 Å². The van der Waals surface area contributed by atoms with Gasteiger partial charge in [0.25, 0.3) is 11.8 Å². The summed E-state index contributed by atoms with van der Waals surface area (Å²) in [6.07, 6.45) is 3.15. The van der Waals surface area contributed by atoms with Crippen molar-refractivity contribution in [2.75, 3.05) is 5.73 Å². The van der Waals surface area contributed by atoms with E-state index in [0.717, 1.165) is 0 Å². The lowest BCUT2D eigenvalue weighted by atomic mass is 10.3. The number of carbonyl (C=O) groups is 1. The molecule has 0 spiro atoms. The van der Waals surface area contributed by atoms with E-state index in [1.165, 1.54) is 12.5 Å². The Morgan fingerprint density at radius 3 is 2.90 bits per heavy atom. The summed E-state index contributed by atoms with van der Waals surface area (Å²) in [5.41, 5.74) is 11.0. The second-order valence-corrected chi connectivity index (χ2v) is 4.13. The molecule has 0 aliphatic rings. The highest BCUT2D eigenvalue weighted by molar-refractivity contribution is 5.94. The summed E-state index contributed by atoms with van der Waals surface area (Å²) in [5, 5.41) is 3.80. The van der Waals surface area contributed by atoms with Gasteiger partial charge in [-0.15, -0.1) is 0 Å². The van der Waals surface area contributed by atoms with Gasteiger partial charge >= 0.3 is 0 Å². The Kier molecular flexibility index (Phi) is 3.07. The van der Waals surface area contributed by atoms with Crippen LogP contribution in [0.25, 0.3) is 11.7 Å². The molecule has 0 saturated carbocycles. The van der Waals surface area contributed by atoms with Crippen molar-refractivity contribution in [1.29, 1.82) is 0 Å². The van der Waals surface area contributed by atoms with E-state index in [0.29, 0.717) is 17.3 Å². The number of nitrogens with two attached hydrogens (primary N) is 2. The van der Waals surface area contributed by atoms with Gasteiger partial charge < -0.3 is 20.4 Å². The molecule has 0 saturated heterocycles. The fourth-order valence-corrected chi connectivity index (χ4v) is 1.69. The highest BCUT2D eigenvalue weighted by Gasteiger charge is 2.14. The van der Waals surface area contributed by atoms with Crippen LogP contribution in [0, 0.1) is 0 Å². The molecule has 9 nitrogen and oxygen atoms in total. The Hall–Kier alpha value is -3.23. The molecule has 0 radical (unpaired) electrons. The van der Waals surface area contributed by atoms with Crippen molar-refractivity contribution in [2.24, 2.45) is 5.73 Å². The van der Waals surface area contributed by atoms with E-state index >= 15 is 0 Å². The molecule has 0 bridgehead atoms. The van der Waals surface area contributed by atoms with Gasteiger partial charge in [-0.05, 0) is 12.1 Å². The fourth-order valence-electron chi connectivity index (χ4n) is 1.69. The largest absolute Gasteiger partial charge is 0.459 e. The molecule has 9 heteroatoms. The van der Waals surface area contributed by atoms with Crippen molar-refractivity contribution in [3.8, 4) is 11.7 Å². The maximum absolute atomic E-state index is 11.2. The van der Waals surface area contributed by atoms with Gasteiger partial charge in [-0.3, -0.25) is 4.79 Å². The average Bonchev–Trinajstić information content (AvgIpc) is 3.11. The van der Waals surface area contributed by atoms with Crippen LogP contribution >= 0.6 is 0 Å². The van der Waals surface area contributed by atoms with Gasteiger partial charge in [-0.25, -0.2) is 9.97 Å². The summed E-state index contributed by atoms with van der Waals surface area (Å²) < 4.78 is 10.2. The quantitative estimate of drug-likeness (QED) is 0.699. The van der Waals surface area contributed by atoms with Crippen LogP contribution in [-0.2, 0) is 6.42 Å². The van der Waals surface area contributed by atoms with E-state index in [1.54, 1.807) is 12.1 Å². The summed E-state index contributed by atoms with van der Waals surface area (Å²) in [6.45, 7) is 0. The minimum atomic E-state index is -0.744. The zero-order valence-corrected chi connectivity index (χ0v) is 10.7. The highest BCUT2D eigenvalue weighted by Crippen LogP contribution is 2.18. The number of aromatic nitrogens is 4. The number of carbonyl (C=O) groups excluding carboxylic acids is 1. The molecule has 3 heterocycles. The Bertz CT molecular complexity index is 780. The monoisotopic (exact) mass is 286 g/mol. The Morgan fingerprint density at radius 1 is 1.33 bits per heavy atom. The van der Waals surface area contributed by atoms with Crippen LogP contribution in [0.4, 0.5) is 5.82 Å². The second-order valence-electron chi connectivity index (χ2n) is 4.13. The Balaban J connectivity index is 1.84. The minimum absolute atomic E-state index is 0.0179. The maximum atomic E-state index is 11.2. The lowest BCUT2D eigenvalue weighted by molar-refractivity contribution is 0.0996. The number of hydrogen-bond donors (Lipinski definition) is 2. The molecule has 3 rings (SSSR count). The van der Waals surface area contributed by atoms with Gasteiger partial charge in [0.1, 0.15) is 0 Å². The zero-order chi connectivity index (χ0) is 14.8. The number of primary amides is 1. The van der Waals surface area contributed by atoms with Crippen LogP contribution in [0.3, 0.4) is 0 Å². The third-order valence-corrected chi connectivity index (χ3v) is 2.62. The van der Waals surface area contributed by atoms with Crippen molar-refractivity contribution in [2.45, 2.75) is 6.42 Å². The Morgan fingerprint density at radius 2 is 2.19 bits per heavy atom. The molecular formula is C12H10N6O3. The molecule has 0 aliphatic carbocycles. The lowest BCUT2D eigenvalue weighted by Crippen LogP contribution is -2.17. The highest BCUT2D eigenvalue weighted by atomic mass is 16.5. The summed E-state index contributed by atoms with van der Waals surface area (Å²) in [7, 11) is 0. The Labute approximate surface area is 118 Å². The van der Waals surface area contributed by atoms with Crippen molar-refractivity contribution in [3.63, 3.8) is 0 Å². The molecule has 4 N–H and O–H groups in total. The number of rotatable bonds is 4. The first-order chi connectivity index (χ1) is 10.1. The van der Waals surface area contributed by atoms with Crippen LogP contribution in [0.2, 0.25) is 0 Å². The molecule has 1 amide bonds. The second kappa shape index (κ2) is 5.04. The van der Waals surface area contributed by atoms with E-state index in [2.05, 4.69) is 20.1 Å². The van der Waals surface area contributed by atoms with E-state index in [9.17, 15) is 4.79 Å². The lowest BCUT2D eigenvalue weighted by Gasteiger charge is -2.01. The van der Waals surface area contributed by atoms with Gasteiger partial charge in [0, 0.05) is 0 Å². The normalized spacial score (nSPS) is 10.7. The van der Waals surface area contributed by atoms with Gasteiger partial charge in [0.2, 0.25) is 0 Å². The summed E-state index contributed by atoms with van der Waals surface area (Å²) >= 11 is 0. The zero-order valence-electron chi connectivity index (χ0n) is 10.7. The fraction of sp³-hybridized carbons (Fsp3) is 0.0833. The van der Waals surface area contributed by atoms with Crippen LogP contribution in [-0.4, -0.2) is 26.0 Å². The molecule has 0 fully saturated rings. The van der Waals surface area contributed by atoms with Crippen molar-refractivity contribution < 1.29 is 13.7 Å². The van der Waals surface area contributed by atoms with Crippen molar-refractivity contribution in [3.05, 3.63) is 41.8 Å². The molecule has 0 atom stereocenters. The summed E-state index contributed by atoms with van der Waals surface area (Å²) in [5.74, 6) is 0.334. The molecule has 21 heavy (non-hydrogen) atoms. The molecule has 3 aromatic heterocycles. The third kappa shape index (κ3) is 2.56. The maximum Gasteiger partial charge on any atom is 0.293 e. The number of amides is 1. The first kappa shape index (κ1) is 12.8. The van der Waals surface area contributed by atoms with Gasteiger partial charge in [-0.1, -0.05) is 5.16 Å². The summed E-state index contributed by atoms with van der Waals surface area (Å²) in [6, 6.07) is 3.41. The molecule has 0 aromatic carbocycles. The smallest absolute Gasteiger partial charge is 0.293 e. The number of anilines is 1. The third-order valence-electron chi connectivity index (χ3n) is 2.62. The predicted molar refractivity (Wildman–Crippen MR) is 69.8 cm³/mol. The standard InChI is InChI=1S/C12H10N6O3/c13-10-9(11(14)19)16-6(5-15-10)4-8-17-12(21-18-8)7-2-1-3-20-7/h1-3,5H,4H2,(H2,13,15)(H2,14,19). The first-order valence-electron chi connectivity index (χ1n) is 5.91. The summed E-state index contributed by atoms with van der Waals surface area (Å²) in [4.78, 5) is 23.2. The van der Waals surface area contributed by atoms with Crippen LogP contribution in [0.5, 0.6) is 0 Å². The molecule has 106 valence electrons. The SMILES string of the molecule is NC(=O)c1nc(Cc2noc(-c3ccco3)n2)cnc1N. The van der Waals surface area contributed by atoms with Crippen LogP contribution in [0.15, 0.2) is 33.5 Å². The molecular weight excluding hydrogens is 276 g/mol. The van der Waals surface area contributed by atoms with Crippen molar-refractivity contribution in [1.82, 2.24) is 20.1 Å². The van der Waals surface area contributed by atoms with Crippen LogP contribution in [0.1, 0.15) is 22.0 Å². The van der Waals surface area contributed by atoms with E-state index in [-0.39, 0.29) is 23.8 Å². The number of nitrogen functional groups attached to an aromatic ring is 1. The predicted octanol–water partition coefficient (Wildman–Crippen LogP) is 0.391. The number of furan rings is 1. The van der Waals surface area contributed by atoms with Gasteiger partial charge in [0.15, 0.2) is 23.1 Å². The molecule has 0 unspecified atom stereocenters. The van der Waals surface area contributed by atoms with E-state index in [4.69, 9.17) is 20.4 Å². The molecule has 0 aliphatic heterocycles.